The molecule has 1 saturated heterocycles. The molecule has 2 amide bonds. The third kappa shape index (κ3) is 5.68. The molecule has 3 N–H and O–H groups in total. The summed E-state index contributed by atoms with van der Waals surface area (Å²) >= 11 is 1.72. The van der Waals surface area contributed by atoms with Gasteiger partial charge >= 0.3 is 11.8 Å². The molecule has 0 bridgehead atoms. The number of pyridine rings is 1. The fourth-order valence-corrected chi connectivity index (χ4v) is 5.70. The number of hydrogen-bond donors (Lipinski definition) is 2. The van der Waals surface area contributed by atoms with Crippen LogP contribution in [-0.4, -0.2) is 58.3 Å². The first-order valence-electron chi connectivity index (χ1n) is 12.6. The van der Waals surface area contributed by atoms with Gasteiger partial charge in [0.1, 0.15) is 5.82 Å². The average Bonchev–Trinajstić information content (AvgIpc) is 3.25. The van der Waals surface area contributed by atoms with Gasteiger partial charge in [-0.2, -0.15) is 0 Å². The third-order valence-electron chi connectivity index (χ3n) is 7.11. The zero-order valence-corrected chi connectivity index (χ0v) is 22.6. The molecule has 0 radical (unpaired) electrons. The van der Waals surface area contributed by atoms with Gasteiger partial charge in [-0.25, -0.2) is 9.97 Å². The Labute approximate surface area is 216 Å². The minimum atomic E-state index is -0.655. The number of thiazole rings is 1. The number of nitrogen functional groups attached to an aromatic ring is 1. The van der Waals surface area contributed by atoms with Gasteiger partial charge in [-0.05, 0) is 75.5 Å². The number of fused-ring (bicyclic) bond motifs is 1. The Hall–Kier alpha value is -3.04. The lowest BCUT2D eigenvalue weighted by Crippen LogP contribution is -2.46. The van der Waals surface area contributed by atoms with E-state index in [1.54, 1.807) is 22.3 Å². The Morgan fingerprint density at radius 2 is 2.06 bits per heavy atom. The van der Waals surface area contributed by atoms with E-state index in [1.165, 1.54) is 6.20 Å². The van der Waals surface area contributed by atoms with Crippen LogP contribution in [0.2, 0.25) is 0 Å². The summed E-state index contributed by atoms with van der Waals surface area (Å²) in [6, 6.07) is 8.28. The number of amides is 2. The molecule has 1 fully saturated rings. The number of nitrogens with one attached hydrogen (secondary N) is 1. The van der Waals surface area contributed by atoms with Crippen molar-refractivity contribution in [1.82, 2.24) is 19.8 Å². The molecule has 2 aromatic heterocycles. The van der Waals surface area contributed by atoms with Crippen LogP contribution in [0.25, 0.3) is 10.2 Å². The molecule has 3 heterocycles. The van der Waals surface area contributed by atoms with Crippen LogP contribution in [-0.2, 0) is 22.4 Å². The molecule has 0 unspecified atom stereocenters. The lowest BCUT2D eigenvalue weighted by molar-refractivity contribution is -0.146. The highest BCUT2D eigenvalue weighted by atomic mass is 32.1. The molecule has 9 heteroatoms. The minimum absolute atomic E-state index is 0.162. The van der Waals surface area contributed by atoms with Crippen LogP contribution in [0, 0.1) is 5.92 Å². The summed E-state index contributed by atoms with van der Waals surface area (Å²) in [4.78, 5) is 39.3. The van der Waals surface area contributed by atoms with Crippen molar-refractivity contribution in [1.29, 1.82) is 0 Å². The average molecular weight is 509 g/mol. The quantitative estimate of drug-likeness (QED) is 0.482. The molecular formula is C27H36N6O2S. The van der Waals surface area contributed by atoms with Crippen LogP contribution in [0.15, 0.2) is 30.5 Å². The maximum Gasteiger partial charge on any atom is 0.313 e. The van der Waals surface area contributed by atoms with Crippen molar-refractivity contribution in [2.24, 2.45) is 5.92 Å². The van der Waals surface area contributed by atoms with Crippen molar-refractivity contribution in [2.45, 2.75) is 58.5 Å². The highest BCUT2D eigenvalue weighted by Crippen LogP contribution is 2.36. The molecule has 0 aliphatic carbocycles. The lowest BCUT2D eigenvalue weighted by atomic mass is 9.89. The number of benzene rings is 1. The first-order chi connectivity index (χ1) is 17.2. The maximum atomic E-state index is 13.4. The van der Waals surface area contributed by atoms with Gasteiger partial charge in [0.05, 0.1) is 33.2 Å². The molecule has 1 aromatic carbocycles. The second-order valence-corrected chi connectivity index (χ2v) is 11.2. The zero-order valence-electron chi connectivity index (χ0n) is 21.7. The van der Waals surface area contributed by atoms with Crippen LogP contribution in [0.3, 0.4) is 0 Å². The number of rotatable bonds is 6. The number of likely N-dealkylation sites (N-methyl/N-ethyl adjacent to an activating group) is 1. The molecular weight excluding hydrogens is 472 g/mol. The number of aryl methyl sites for hydroxylation is 1. The second kappa shape index (κ2) is 10.9. The van der Waals surface area contributed by atoms with Crippen LogP contribution in [0.5, 0.6) is 0 Å². The van der Waals surface area contributed by atoms with Crippen molar-refractivity contribution in [3.63, 3.8) is 0 Å². The van der Waals surface area contributed by atoms with Gasteiger partial charge in [0, 0.05) is 19.0 Å². The summed E-state index contributed by atoms with van der Waals surface area (Å²) in [5.41, 5.74) is 9.16. The third-order valence-corrected chi connectivity index (χ3v) is 8.16. The number of piperidine rings is 1. The SMILES string of the molecule is CCc1cc(NC(=O)C(=O)N2C[C@@H](C)CC[C@@H]2c2ccc3sc(C[C@@H](C)N(C)C)nc3c2)cnc1N. The summed E-state index contributed by atoms with van der Waals surface area (Å²) in [6.07, 6.45) is 4.88. The smallest absolute Gasteiger partial charge is 0.313 e. The summed E-state index contributed by atoms with van der Waals surface area (Å²) in [5.74, 6) is -0.425. The highest BCUT2D eigenvalue weighted by molar-refractivity contribution is 7.18. The summed E-state index contributed by atoms with van der Waals surface area (Å²) < 4.78 is 1.14. The fraction of sp³-hybridized carbons (Fsp3) is 0.481. The lowest BCUT2D eigenvalue weighted by Gasteiger charge is -2.38. The van der Waals surface area contributed by atoms with Gasteiger partial charge in [0.15, 0.2) is 0 Å². The fourth-order valence-electron chi connectivity index (χ4n) is 4.63. The van der Waals surface area contributed by atoms with E-state index in [-0.39, 0.29) is 6.04 Å². The predicted molar refractivity (Wildman–Crippen MR) is 146 cm³/mol. The van der Waals surface area contributed by atoms with Crippen LogP contribution in [0.1, 0.15) is 55.8 Å². The molecule has 0 spiro atoms. The van der Waals surface area contributed by atoms with Gasteiger partial charge in [0.2, 0.25) is 0 Å². The predicted octanol–water partition coefficient (Wildman–Crippen LogP) is 4.27. The van der Waals surface area contributed by atoms with E-state index in [4.69, 9.17) is 10.7 Å². The molecule has 8 nitrogen and oxygen atoms in total. The van der Waals surface area contributed by atoms with Crippen molar-refractivity contribution < 1.29 is 9.59 Å². The van der Waals surface area contributed by atoms with Crippen molar-refractivity contribution in [2.75, 3.05) is 31.7 Å². The molecule has 1 aliphatic rings. The molecule has 4 rings (SSSR count). The highest BCUT2D eigenvalue weighted by Gasteiger charge is 2.34. The van der Waals surface area contributed by atoms with E-state index in [0.717, 1.165) is 45.6 Å². The van der Waals surface area contributed by atoms with E-state index in [1.807, 2.05) is 6.92 Å². The number of aromatic nitrogens is 2. The number of anilines is 2. The summed E-state index contributed by atoms with van der Waals surface area (Å²) in [6.45, 7) is 6.82. The Morgan fingerprint density at radius 1 is 1.28 bits per heavy atom. The van der Waals surface area contributed by atoms with E-state index < -0.39 is 11.8 Å². The molecule has 3 atom stereocenters. The Bertz CT molecular complexity index is 1260. The zero-order chi connectivity index (χ0) is 26.0. The molecule has 3 aromatic rings. The second-order valence-electron chi connectivity index (χ2n) is 10.1. The van der Waals surface area contributed by atoms with E-state index in [2.05, 4.69) is 61.3 Å². The Morgan fingerprint density at radius 3 is 2.78 bits per heavy atom. The van der Waals surface area contributed by atoms with Crippen LogP contribution < -0.4 is 11.1 Å². The van der Waals surface area contributed by atoms with Crippen LogP contribution in [0.4, 0.5) is 11.5 Å². The summed E-state index contributed by atoms with van der Waals surface area (Å²) in [7, 11) is 4.16. The normalized spacial score (nSPS) is 19.0. The first kappa shape index (κ1) is 26.0. The number of carbonyl (C=O) groups excluding carboxylic acids is 2. The number of likely N-dealkylation sites (tertiary alicyclic amines) is 1. The molecule has 192 valence electrons. The molecule has 36 heavy (non-hydrogen) atoms. The monoisotopic (exact) mass is 508 g/mol. The van der Waals surface area contributed by atoms with Gasteiger partial charge in [-0.1, -0.05) is 19.9 Å². The summed E-state index contributed by atoms with van der Waals surface area (Å²) in [5, 5.41) is 3.83. The van der Waals surface area contributed by atoms with Gasteiger partial charge in [0.25, 0.3) is 0 Å². The Kier molecular flexibility index (Phi) is 7.90. The van der Waals surface area contributed by atoms with Crippen LogP contribution >= 0.6 is 11.3 Å². The topological polar surface area (TPSA) is 104 Å². The number of nitrogens with two attached hydrogens (primary N) is 1. The van der Waals surface area contributed by atoms with Gasteiger partial charge in [-0.3, -0.25) is 9.59 Å². The molecule has 0 saturated carbocycles. The van der Waals surface area contributed by atoms with Crippen molar-refractivity contribution >= 4 is 44.9 Å². The van der Waals surface area contributed by atoms with Crippen molar-refractivity contribution in [3.8, 4) is 0 Å². The van der Waals surface area contributed by atoms with E-state index in [0.29, 0.717) is 36.4 Å². The van der Waals surface area contributed by atoms with Gasteiger partial charge < -0.3 is 20.9 Å². The van der Waals surface area contributed by atoms with E-state index in [9.17, 15) is 9.59 Å². The number of hydrogen-bond acceptors (Lipinski definition) is 7. The molecule has 1 aliphatic heterocycles. The van der Waals surface area contributed by atoms with Gasteiger partial charge in [-0.15, -0.1) is 11.3 Å². The number of carbonyl (C=O) groups is 2. The maximum absolute atomic E-state index is 13.4. The standard InChI is InChI=1S/C27H36N6O2S/c1-6-18-12-20(14-29-25(18)28)30-26(34)27(35)33-15-16(2)7-9-22(33)19-8-10-23-21(13-19)31-24(36-23)11-17(3)32(4)5/h8,10,12-14,16-17,22H,6-7,9,11,15H2,1-5H3,(H2,28,29)(H,30,34)/t16-,17+,22+/m0/s1. The minimum Gasteiger partial charge on any atom is -0.383 e. The van der Waals surface area contributed by atoms with E-state index >= 15 is 0 Å². The van der Waals surface area contributed by atoms with Crippen molar-refractivity contribution in [3.05, 3.63) is 46.6 Å². The first-order valence-corrected chi connectivity index (χ1v) is 13.4. The Balaban J connectivity index is 1.55. The largest absolute Gasteiger partial charge is 0.383 e. The number of nitrogens with zero attached hydrogens (tertiary/aromatic N) is 4.